The van der Waals surface area contributed by atoms with E-state index in [9.17, 15) is 9.18 Å². The maximum atomic E-state index is 13.8. The molecule has 3 rings (SSSR count). The molecule has 0 radical (unpaired) electrons. The minimum atomic E-state index is -0.481. The van der Waals surface area contributed by atoms with Gasteiger partial charge < -0.3 is 20.4 Å². The number of carbonyl (C=O) groups is 1. The molecule has 0 spiro atoms. The molecular weight excluding hydrogens is 383 g/mol. The first-order valence-corrected chi connectivity index (χ1v) is 9.85. The Labute approximate surface area is 175 Å². The molecule has 2 N–H and O–H groups in total. The van der Waals surface area contributed by atoms with Crippen molar-refractivity contribution >= 4 is 28.4 Å². The predicted molar refractivity (Wildman–Crippen MR) is 118 cm³/mol. The summed E-state index contributed by atoms with van der Waals surface area (Å²) in [5.74, 6) is 0.776. The van der Waals surface area contributed by atoms with Crippen LogP contribution >= 0.6 is 0 Å². The molecule has 1 heterocycles. The van der Waals surface area contributed by atoms with Gasteiger partial charge in [-0.25, -0.2) is 19.2 Å². The molecule has 0 aliphatic heterocycles. The van der Waals surface area contributed by atoms with Crippen molar-refractivity contribution in [3.05, 3.63) is 60.2 Å². The molecule has 2 amide bonds. The fourth-order valence-electron chi connectivity index (χ4n) is 2.99. The van der Waals surface area contributed by atoms with Crippen molar-refractivity contribution in [2.24, 2.45) is 0 Å². The Hall–Kier alpha value is -3.26. The Morgan fingerprint density at radius 1 is 1.03 bits per heavy atom. The number of aromatic nitrogens is 2. The Morgan fingerprint density at radius 3 is 2.53 bits per heavy atom. The summed E-state index contributed by atoms with van der Waals surface area (Å²) in [6, 6.07) is 13.4. The zero-order valence-electron chi connectivity index (χ0n) is 17.5. The second-order valence-electron chi connectivity index (χ2n) is 7.36. The number of hydrogen-bond acceptors (Lipinski definition) is 5. The van der Waals surface area contributed by atoms with Crippen molar-refractivity contribution in [3.63, 3.8) is 0 Å². The number of hydrogen-bond donors (Lipinski definition) is 2. The van der Waals surface area contributed by atoms with Gasteiger partial charge in [-0.1, -0.05) is 24.3 Å². The van der Waals surface area contributed by atoms with Gasteiger partial charge in [0.05, 0.1) is 17.7 Å². The van der Waals surface area contributed by atoms with Gasteiger partial charge in [0.15, 0.2) is 5.82 Å². The van der Waals surface area contributed by atoms with Crippen molar-refractivity contribution in [2.45, 2.75) is 13.0 Å². The topological polar surface area (TPSA) is 73.4 Å². The molecule has 0 aliphatic rings. The summed E-state index contributed by atoms with van der Waals surface area (Å²) >= 11 is 0. The van der Waals surface area contributed by atoms with Crippen LogP contribution in [-0.2, 0) is 6.54 Å². The van der Waals surface area contributed by atoms with Crippen LogP contribution in [0, 0.1) is 5.82 Å². The molecule has 1 aromatic heterocycles. The van der Waals surface area contributed by atoms with Gasteiger partial charge in [0.2, 0.25) is 0 Å². The van der Waals surface area contributed by atoms with E-state index in [2.05, 4.69) is 25.5 Å². The van der Waals surface area contributed by atoms with Crippen LogP contribution in [0.25, 0.3) is 10.9 Å². The number of nitrogens with one attached hydrogen (secondary N) is 2. The van der Waals surface area contributed by atoms with Crippen LogP contribution in [-0.4, -0.2) is 60.0 Å². The number of para-hydroxylation sites is 2. The van der Waals surface area contributed by atoms with Gasteiger partial charge in [-0.15, -0.1) is 0 Å². The maximum absolute atomic E-state index is 13.8. The summed E-state index contributed by atoms with van der Waals surface area (Å²) in [6.07, 6.45) is 0.978. The molecule has 0 aliphatic carbocycles. The minimum Gasteiger partial charge on any atom is -0.369 e. The highest BCUT2D eigenvalue weighted by atomic mass is 19.1. The van der Waals surface area contributed by atoms with Gasteiger partial charge in [0.1, 0.15) is 11.6 Å². The van der Waals surface area contributed by atoms with E-state index in [-0.39, 0.29) is 12.2 Å². The average molecular weight is 410 g/mol. The predicted octanol–water partition coefficient (Wildman–Crippen LogP) is 3.80. The monoisotopic (exact) mass is 410 g/mol. The van der Waals surface area contributed by atoms with Crippen LogP contribution in [0.2, 0.25) is 0 Å². The van der Waals surface area contributed by atoms with Crippen LogP contribution in [0.3, 0.4) is 0 Å². The maximum Gasteiger partial charge on any atom is 0.322 e. The zero-order valence-corrected chi connectivity index (χ0v) is 17.5. The first-order valence-electron chi connectivity index (χ1n) is 9.85. The summed E-state index contributed by atoms with van der Waals surface area (Å²) in [4.78, 5) is 25.2. The number of nitrogens with zero attached hydrogens (tertiary/aromatic N) is 4. The Kier molecular flexibility index (Phi) is 7.13. The summed E-state index contributed by atoms with van der Waals surface area (Å²) < 4.78 is 13.8. The number of benzene rings is 2. The Morgan fingerprint density at radius 2 is 1.77 bits per heavy atom. The first kappa shape index (κ1) is 21.4. The van der Waals surface area contributed by atoms with Crippen LogP contribution in [0.4, 0.5) is 20.7 Å². The lowest BCUT2D eigenvalue weighted by Crippen LogP contribution is -2.32. The van der Waals surface area contributed by atoms with Gasteiger partial charge in [0, 0.05) is 19.0 Å². The third-order valence-electron chi connectivity index (χ3n) is 4.56. The molecule has 8 heteroatoms. The van der Waals surface area contributed by atoms with Crippen LogP contribution in [0.5, 0.6) is 0 Å². The van der Waals surface area contributed by atoms with Crippen molar-refractivity contribution in [3.8, 4) is 0 Å². The van der Waals surface area contributed by atoms with Crippen molar-refractivity contribution in [2.75, 3.05) is 44.9 Å². The van der Waals surface area contributed by atoms with E-state index in [4.69, 9.17) is 0 Å². The summed E-state index contributed by atoms with van der Waals surface area (Å²) in [5, 5.41) is 6.89. The average Bonchev–Trinajstić information content (AvgIpc) is 2.72. The standard InChI is InChI=1S/C22H27FN6O/c1-28(2)14-8-13-24-21-16-9-4-6-11-18(16)25-20(27-21)15-29(3)22(30)26-19-12-7-5-10-17(19)23/h4-7,9-12H,8,13-15H2,1-3H3,(H,26,30)(H,24,25,27). The van der Waals surface area contributed by atoms with E-state index in [1.54, 1.807) is 19.2 Å². The molecule has 3 aromatic rings. The number of rotatable bonds is 8. The molecule has 158 valence electrons. The Bertz CT molecular complexity index is 1010. The molecule has 30 heavy (non-hydrogen) atoms. The van der Waals surface area contributed by atoms with E-state index in [1.165, 1.54) is 17.0 Å². The van der Waals surface area contributed by atoms with Crippen LogP contribution in [0.1, 0.15) is 12.2 Å². The lowest BCUT2D eigenvalue weighted by molar-refractivity contribution is 0.219. The molecular formula is C22H27FN6O. The second-order valence-corrected chi connectivity index (χ2v) is 7.36. The second kappa shape index (κ2) is 9.98. The van der Waals surface area contributed by atoms with E-state index < -0.39 is 11.8 Å². The normalized spacial score (nSPS) is 11.0. The van der Waals surface area contributed by atoms with Crippen LogP contribution < -0.4 is 10.6 Å². The number of amides is 2. The van der Waals surface area contributed by atoms with Crippen molar-refractivity contribution in [1.82, 2.24) is 19.8 Å². The largest absolute Gasteiger partial charge is 0.369 e. The molecule has 0 fully saturated rings. The molecule has 2 aromatic carbocycles. The van der Waals surface area contributed by atoms with Crippen LogP contribution in [0.15, 0.2) is 48.5 Å². The molecule has 0 atom stereocenters. The van der Waals surface area contributed by atoms with Gasteiger partial charge >= 0.3 is 6.03 Å². The third-order valence-corrected chi connectivity index (χ3v) is 4.56. The summed E-state index contributed by atoms with van der Waals surface area (Å²) in [7, 11) is 5.71. The minimum absolute atomic E-state index is 0.136. The number of fused-ring (bicyclic) bond motifs is 1. The Balaban J connectivity index is 1.73. The zero-order chi connectivity index (χ0) is 21.5. The van der Waals surface area contributed by atoms with Crippen molar-refractivity contribution in [1.29, 1.82) is 0 Å². The number of carbonyl (C=O) groups excluding carboxylic acids is 1. The number of urea groups is 1. The lowest BCUT2D eigenvalue weighted by atomic mass is 10.2. The SMILES string of the molecule is CN(C)CCCNc1nc(CN(C)C(=O)Nc2ccccc2F)nc2ccccc12. The highest BCUT2D eigenvalue weighted by Crippen LogP contribution is 2.21. The fourth-order valence-corrected chi connectivity index (χ4v) is 2.99. The van der Waals surface area contributed by atoms with E-state index in [1.807, 2.05) is 38.4 Å². The highest BCUT2D eigenvalue weighted by Gasteiger charge is 2.15. The van der Waals surface area contributed by atoms with E-state index >= 15 is 0 Å². The molecule has 0 unspecified atom stereocenters. The molecule has 7 nitrogen and oxygen atoms in total. The lowest BCUT2D eigenvalue weighted by Gasteiger charge is -2.18. The first-order chi connectivity index (χ1) is 14.4. The quantitative estimate of drug-likeness (QED) is 0.553. The van der Waals surface area contributed by atoms with Gasteiger partial charge in [-0.05, 0) is 51.3 Å². The molecule has 0 bridgehead atoms. The van der Waals surface area contributed by atoms with Crippen molar-refractivity contribution < 1.29 is 9.18 Å². The number of anilines is 2. The molecule has 0 saturated heterocycles. The molecule has 0 saturated carbocycles. The summed E-state index contributed by atoms with van der Waals surface area (Å²) in [6.45, 7) is 1.95. The van der Waals surface area contributed by atoms with E-state index in [0.29, 0.717) is 5.82 Å². The van der Waals surface area contributed by atoms with Gasteiger partial charge in [-0.3, -0.25) is 0 Å². The summed E-state index contributed by atoms with van der Waals surface area (Å²) in [5.41, 5.74) is 0.942. The van der Waals surface area contributed by atoms with Gasteiger partial charge in [0.25, 0.3) is 0 Å². The smallest absolute Gasteiger partial charge is 0.322 e. The highest BCUT2D eigenvalue weighted by molar-refractivity contribution is 5.90. The van der Waals surface area contributed by atoms with E-state index in [0.717, 1.165) is 36.2 Å². The van der Waals surface area contributed by atoms with Gasteiger partial charge in [-0.2, -0.15) is 0 Å². The fraction of sp³-hybridized carbons (Fsp3) is 0.318. The number of halogens is 1. The third kappa shape index (κ3) is 5.64.